The van der Waals surface area contributed by atoms with Crippen LogP contribution in [0.4, 0.5) is 29.7 Å². The third kappa shape index (κ3) is 5.61. The van der Waals surface area contributed by atoms with E-state index in [1.165, 1.54) is 42.7 Å². The normalized spacial score (nSPS) is 11.1. The Balaban J connectivity index is 1.65. The summed E-state index contributed by atoms with van der Waals surface area (Å²) >= 11 is 1.18. The number of nitrogens with zero attached hydrogens (tertiary/aromatic N) is 1. The second-order valence-corrected chi connectivity index (χ2v) is 6.75. The van der Waals surface area contributed by atoms with Gasteiger partial charge in [0, 0.05) is 11.1 Å². The lowest BCUT2D eigenvalue weighted by Gasteiger charge is -2.10. The smallest absolute Gasteiger partial charge is 0.495 e. The van der Waals surface area contributed by atoms with E-state index in [4.69, 9.17) is 4.74 Å². The molecule has 0 radical (unpaired) electrons. The van der Waals surface area contributed by atoms with Crippen molar-refractivity contribution in [3.63, 3.8) is 0 Å². The molecule has 0 saturated carbocycles. The largest absolute Gasteiger partial charge is 0.573 e. The minimum Gasteiger partial charge on any atom is -0.495 e. The Bertz CT molecular complexity index is 1000. The third-order valence-electron chi connectivity index (χ3n) is 3.68. The van der Waals surface area contributed by atoms with E-state index in [0.29, 0.717) is 22.3 Å². The van der Waals surface area contributed by atoms with Gasteiger partial charge in [-0.2, -0.15) is 0 Å². The van der Waals surface area contributed by atoms with Crippen molar-refractivity contribution in [2.45, 2.75) is 13.3 Å². The number of anilines is 3. The van der Waals surface area contributed by atoms with Gasteiger partial charge in [0.1, 0.15) is 17.2 Å². The highest BCUT2D eigenvalue weighted by atomic mass is 32.1. The highest BCUT2D eigenvalue weighted by molar-refractivity contribution is 7.14. The number of hydrogen-bond donors (Lipinski definition) is 2. The maximum atomic E-state index is 12.4. The number of nitrogens with one attached hydrogen (secondary N) is 2. The predicted octanol–water partition coefficient (Wildman–Crippen LogP) is 5.35. The van der Waals surface area contributed by atoms with Crippen LogP contribution in [0.5, 0.6) is 11.5 Å². The molecule has 2 N–H and O–H groups in total. The van der Waals surface area contributed by atoms with E-state index in [9.17, 15) is 18.0 Å². The first-order valence-corrected chi connectivity index (χ1v) is 9.16. The van der Waals surface area contributed by atoms with Crippen LogP contribution < -0.4 is 20.1 Å². The molecule has 6 nitrogen and oxygen atoms in total. The van der Waals surface area contributed by atoms with Crippen LogP contribution in [0.1, 0.15) is 16.1 Å². The quantitative estimate of drug-likeness (QED) is 0.559. The molecule has 1 aromatic heterocycles. The Hall–Kier alpha value is -3.27. The van der Waals surface area contributed by atoms with Crippen molar-refractivity contribution >= 4 is 33.8 Å². The molecule has 0 bridgehead atoms. The summed E-state index contributed by atoms with van der Waals surface area (Å²) in [7, 11) is 1.51. The molecule has 3 aromatic rings. The number of aryl methyl sites for hydroxylation is 1. The second kappa shape index (κ2) is 8.39. The number of amides is 1. The fraction of sp³-hybridized carbons (Fsp3) is 0.158. The molecule has 0 fully saturated rings. The van der Waals surface area contributed by atoms with E-state index in [2.05, 4.69) is 20.4 Å². The van der Waals surface area contributed by atoms with E-state index in [-0.39, 0.29) is 11.4 Å². The highest BCUT2D eigenvalue weighted by Gasteiger charge is 2.30. The fourth-order valence-corrected chi connectivity index (χ4v) is 3.10. The van der Waals surface area contributed by atoms with Gasteiger partial charge in [-0.05, 0) is 48.9 Å². The van der Waals surface area contributed by atoms with Gasteiger partial charge in [0.25, 0.3) is 5.91 Å². The van der Waals surface area contributed by atoms with E-state index in [1.54, 1.807) is 17.5 Å². The summed E-state index contributed by atoms with van der Waals surface area (Å²) in [5, 5.41) is 7.65. The molecule has 0 atom stereocenters. The van der Waals surface area contributed by atoms with E-state index in [0.717, 1.165) is 5.56 Å². The summed E-state index contributed by atoms with van der Waals surface area (Å²) in [6.07, 6.45) is -4.74. The van der Waals surface area contributed by atoms with Gasteiger partial charge in [-0.15, -0.1) is 24.5 Å². The highest BCUT2D eigenvalue weighted by Crippen LogP contribution is 2.28. The number of halogens is 3. The average molecular weight is 423 g/mol. The Kier molecular flexibility index (Phi) is 5.92. The van der Waals surface area contributed by atoms with Crippen LogP contribution in [0.25, 0.3) is 0 Å². The van der Waals surface area contributed by atoms with E-state index < -0.39 is 12.3 Å². The number of ether oxygens (including phenoxy) is 2. The van der Waals surface area contributed by atoms with Crippen LogP contribution in [0.15, 0.2) is 47.8 Å². The standard InChI is InChI=1S/C19H16F3N3O3S/c1-11-3-8-14(16(9-11)27-2)24-17(26)15-10-29-18(25-15)23-12-4-6-13(7-5-12)28-19(20,21)22/h3-10H,1-2H3,(H,23,25)(H,24,26). The maximum absolute atomic E-state index is 12.4. The zero-order chi connectivity index (χ0) is 21.0. The third-order valence-corrected chi connectivity index (χ3v) is 4.44. The topological polar surface area (TPSA) is 72.5 Å². The van der Waals surface area contributed by atoms with Gasteiger partial charge < -0.3 is 20.1 Å². The van der Waals surface area contributed by atoms with E-state index >= 15 is 0 Å². The molecule has 1 amide bonds. The molecule has 2 aromatic carbocycles. The summed E-state index contributed by atoms with van der Waals surface area (Å²) < 4.78 is 45.7. The maximum Gasteiger partial charge on any atom is 0.573 e. The first kappa shape index (κ1) is 20.5. The fourth-order valence-electron chi connectivity index (χ4n) is 2.39. The Morgan fingerprint density at radius 3 is 2.52 bits per heavy atom. The number of aromatic nitrogens is 1. The van der Waals surface area contributed by atoms with Gasteiger partial charge in [-0.3, -0.25) is 4.79 Å². The number of rotatable bonds is 6. The van der Waals surface area contributed by atoms with Gasteiger partial charge >= 0.3 is 6.36 Å². The molecule has 0 aliphatic heterocycles. The lowest BCUT2D eigenvalue weighted by atomic mass is 10.2. The van der Waals surface area contributed by atoms with Crippen molar-refractivity contribution in [2.24, 2.45) is 0 Å². The Morgan fingerprint density at radius 1 is 1.14 bits per heavy atom. The van der Waals surface area contributed by atoms with Crippen molar-refractivity contribution in [3.05, 3.63) is 59.1 Å². The van der Waals surface area contributed by atoms with Crippen molar-refractivity contribution < 1.29 is 27.4 Å². The lowest BCUT2D eigenvalue weighted by molar-refractivity contribution is -0.274. The van der Waals surface area contributed by atoms with Crippen molar-refractivity contribution in [3.8, 4) is 11.5 Å². The van der Waals surface area contributed by atoms with Crippen LogP contribution in [0.3, 0.4) is 0 Å². The van der Waals surface area contributed by atoms with Crippen LogP contribution in [-0.4, -0.2) is 24.4 Å². The zero-order valence-corrected chi connectivity index (χ0v) is 16.1. The first-order chi connectivity index (χ1) is 13.7. The molecular formula is C19H16F3N3O3S. The first-order valence-electron chi connectivity index (χ1n) is 8.28. The number of thiazole rings is 1. The number of hydrogen-bond acceptors (Lipinski definition) is 6. The second-order valence-electron chi connectivity index (χ2n) is 5.89. The lowest BCUT2D eigenvalue weighted by Crippen LogP contribution is -2.16. The molecule has 0 spiro atoms. The van der Waals surface area contributed by atoms with Gasteiger partial charge in [0.15, 0.2) is 5.13 Å². The minimum absolute atomic E-state index is 0.192. The molecule has 0 saturated heterocycles. The van der Waals surface area contributed by atoms with Crippen molar-refractivity contribution in [1.82, 2.24) is 4.98 Å². The molecule has 1 heterocycles. The van der Waals surface area contributed by atoms with Crippen LogP contribution in [0, 0.1) is 6.92 Å². The van der Waals surface area contributed by atoms with Crippen molar-refractivity contribution in [2.75, 3.05) is 17.7 Å². The molecule has 3 rings (SSSR count). The number of alkyl halides is 3. The minimum atomic E-state index is -4.74. The summed E-state index contributed by atoms with van der Waals surface area (Å²) in [5.41, 5.74) is 2.20. The molecule has 0 unspecified atom stereocenters. The van der Waals surface area contributed by atoms with Crippen LogP contribution in [-0.2, 0) is 0 Å². The zero-order valence-electron chi connectivity index (χ0n) is 15.3. The van der Waals surface area contributed by atoms with Gasteiger partial charge in [-0.1, -0.05) is 6.07 Å². The number of carbonyl (C=O) groups is 1. The summed E-state index contributed by atoms with van der Waals surface area (Å²) in [5.74, 6) is -0.201. The number of carbonyl (C=O) groups excluding carboxylic acids is 1. The van der Waals surface area contributed by atoms with Crippen LogP contribution in [0.2, 0.25) is 0 Å². The Morgan fingerprint density at radius 2 is 1.86 bits per heavy atom. The van der Waals surface area contributed by atoms with Gasteiger partial charge in [0.05, 0.1) is 12.8 Å². The summed E-state index contributed by atoms with van der Waals surface area (Å²) in [6.45, 7) is 1.91. The predicted molar refractivity (Wildman–Crippen MR) is 104 cm³/mol. The molecule has 29 heavy (non-hydrogen) atoms. The molecule has 0 aliphatic rings. The molecular weight excluding hydrogens is 407 g/mol. The molecule has 10 heteroatoms. The number of benzene rings is 2. The molecule has 0 aliphatic carbocycles. The van der Waals surface area contributed by atoms with Gasteiger partial charge in [0.2, 0.25) is 0 Å². The van der Waals surface area contributed by atoms with Crippen LogP contribution >= 0.6 is 11.3 Å². The number of methoxy groups -OCH3 is 1. The summed E-state index contributed by atoms with van der Waals surface area (Å²) in [6, 6.07) is 10.6. The summed E-state index contributed by atoms with van der Waals surface area (Å²) in [4.78, 5) is 16.6. The van der Waals surface area contributed by atoms with Gasteiger partial charge in [-0.25, -0.2) is 4.98 Å². The van der Waals surface area contributed by atoms with Crippen molar-refractivity contribution in [1.29, 1.82) is 0 Å². The van der Waals surface area contributed by atoms with E-state index in [1.807, 2.05) is 13.0 Å². The molecule has 152 valence electrons. The average Bonchev–Trinajstić information content (AvgIpc) is 3.12. The monoisotopic (exact) mass is 423 g/mol. The SMILES string of the molecule is COc1cc(C)ccc1NC(=O)c1csc(Nc2ccc(OC(F)(F)F)cc2)n1. The Labute approximate surface area is 168 Å².